The molecule has 0 atom stereocenters. The zero-order valence-electron chi connectivity index (χ0n) is 12.2. The van der Waals surface area contributed by atoms with Gasteiger partial charge in [0.2, 0.25) is 0 Å². The van der Waals surface area contributed by atoms with Gasteiger partial charge in [0.25, 0.3) is 0 Å². The Labute approximate surface area is 115 Å². The van der Waals surface area contributed by atoms with Crippen LogP contribution < -0.4 is 0 Å². The van der Waals surface area contributed by atoms with Crippen LogP contribution >= 0.6 is 11.8 Å². The minimum atomic E-state index is 0.223. The Kier molecular flexibility index (Phi) is 5.21. The molecule has 2 heteroatoms. The molecule has 0 saturated carbocycles. The van der Waals surface area contributed by atoms with E-state index in [2.05, 4.69) is 56.9 Å². The maximum atomic E-state index is 4.54. The van der Waals surface area contributed by atoms with Crippen LogP contribution in [0.5, 0.6) is 0 Å². The number of pyridine rings is 1. The molecule has 0 bridgehead atoms. The molecule has 0 amide bonds. The van der Waals surface area contributed by atoms with Crippen molar-refractivity contribution in [2.45, 2.75) is 51.2 Å². The largest absolute Gasteiger partial charge is 0.255 e. The fraction of sp³-hybridized carbons (Fsp3) is 0.438. The van der Waals surface area contributed by atoms with Crippen LogP contribution in [0.1, 0.15) is 40.2 Å². The van der Waals surface area contributed by atoms with Crippen molar-refractivity contribution >= 4 is 22.7 Å². The van der Waals surface area contributed by atoms with Crippen molar-refractivity contribution in [3.63, 3.8) is 0 Å². The summed E-state index contributed by atoms with van der Waals surface area (Å²) in [4.78, 5) is 5.81. The van der Waals surface area contributed by atoms with E-state index in [-0.39, 0.29) is 4.75 Å². The zero-order valence-corrected chi connectivity index (χ0v) is 13.1. The molecule has 0 aliphatic rings. The Balaban J connectivity index is 0.000000771. The molecule has 18 heavy (non-hydrogen) atoms. The van der Waals surface area contributed by atoms with Crippen LogP contribution in [-0.4, -0.2) is 9.73 Å². The summed E-state index contributed by atoms with van der Waals surface area (Å²) in [6.07, 6.45) is 1.94. The van der Waals surface area contributed by atoms with E-state index < -0.39 is 0 Å². The number of fused-ring (bicyclic) bond motifs is 1. The second-order valence-corrected chi connectivity index (χ2v) is 6.92. The third-order valence-corrected chi connectivity index (χ3v) is 3.39. The molecular weight excluding hydrogens is 238 g/mol. The number of aromatic nitrogens is 1. The van der Waals surface area contributed by atoms with Crippen molar-refractivity contribution in [1.82, 2.24) is 4.98 Å². The molecule has 1 aromatic carbocycles. The number of thioether (sulfide) groups is 1. The molecule has 0 aliphatic heterocycles. The maximum Gasteiger partial charge on any atom is 0.0838 e. The van der Waals surface area contributed by atoms with E-state index in [1.54, 1.807) is 0 Å². The molecule has 0 N–H and O–H groups in total. The molecule has 1 nitrogen and oxygen atoms in total. The highest BCUT2D eigenvalue weighted by Gasteiger charge is 2.14. The molecule has 0 aliphatic carbocycles. The van der Waals surface area contributed by atoms with Gasteiger partial charge < -0.3 is 0 Å². The SMILES string of the molecule is CC.Cc1cnc2c(SC(C)(C)C)cccc2c1. The van der Waals surface area contributed by atoms with E-state index in [4.69, 9.17) is 0 Å². The highest BCUT2D eigenvalue weighted by atomic mass is 32.2. The first kappa shape index (κ1) is 15.0. The molecule has 0 fully saturated rings. The first-order valence-electron chi connectivity index (χ1n) is 6.50. The number of hydrogen-bond donors (Lipinski definition) is 0. The van der Waals surface area contributed by atoms with Gasteiger partial charge in [-0.3, -0.25) is 4.98 Å². The number of hydrogen-bond acceptors (Lipinski definition) is 2. The fourth-order valence-corrected chi connectivity index (χ4v) is 2.73. The van der Waals surface area contributed by atoms with E-state index in [9.17, 15) is 0 Å². The van der Waals surface area contributed by atoms with Gasteiger partial charge in [-0.25, -0.2) is 0 Å². The Morgan fingerprint density at radius 1 is 1.11 bits per heavy atom. The highest BCUT2D eigenvalue weighted by Crippen LogP contribution is 2.35. The third kappa shape index (κ3) is 4.02. The second-order valence-electron chi connectivity index (χ2n) is 5.05. The van der Waals surface area contributed by atoms with Crippen LogP contribution in [-0.2, 0) is 0 Å². The predicted molar refractivity (Wildman–Crippen MR) is 83.4 cm³/mol. The Morgan fingerprint density at radius 3 is 2.39 bits per heavy atom. The van der Waals surface area contributed by atoms with Gasteiger partial charge in [0.15, 0.2) is 0 Å². The molecule has 0 saturated heterocycles. The summed E-state index contributed by atoms with van der Waals surface area (Å²) in [5.74, 6) is 0. The van der Waals surface area contributed by atoms with Gasteiger partial charge in [-0.15, -0.1) is 11.8 Å². The van der Waals surface area contributed by atoms with E-state index in [0.717, 1.165) is 5.52 Å². The molecule has 0 unspecified atom stereocenters. The van der Waals surface area contributed by atoms with Crippen molar-refractivity contribution < 1.29 is 0 Å². The summed E-state index contributed by atoms with van der Waals surface area (Å²) in [7, 11) is 0. The van der Waals surface area contributed by atoms with E-state index in [0.29, 0.717) is 0 Å². The first-order valence-corrected chi connectivity index (χ1v) is 7.32. The van der Waals surface area contributed by atoms with Crippen molar-refractivity contribution in [3.05, 3.63) is 36.0 Å². The van der Waals surface area contributed by atoms with Crippen LogP contribution in [0.2, 0.25) is 0 Å². The summed E-state index contributed by atoms with van der Waals surface area (Å²) < 4.78 is 0.223. The quantitative estimate of drug-likeness (QED) is 0.632. The van der Waals surface area contributed by atoms with Gasteiger partial charge in [-0.05, 0) is 24.6 Å². The molecular formula is C16H23NS. The van der Waals surface area contributed by atoms with Crippen LogP contribution in [0.4, 0.5) is 0 Å². The number of rotatable bonds is 1. The van der Waals surface area contributed by atoms with Crippen LogP contribution in [0, 0.1) is 6.92 Å². The van der Waals surface area contributed by atoms with E-state index in [1.807, 2.05) is 31.8 Å². The average Bonchev–Trinajstić information content (AvgIpc) is 2.29. The molecule has 2 aromatic rings. The fourth-order valence-electron chi connectivity index (χ4n) is 1.66. The normalized spacial score (nSPS) is 11.0. The zero-order chi connectivity index (χ0) is 13.8. The lowest BCUT2D eigenvalue weighted by Crippen LogP contribution is -2.06. The van der Waals surface area contributed by atoms with Crippen molar-refractivity contribution in [2.75, 3.05) is 0 Å². The molecule has 1 heterocycles. The monoisotopic (exact) mass is 261 g/mol. The summed E-state index contributed by atoms with van der Waals surface area (Å²) in [6.45, 7) is 12.8. The van der Waals surface area contributed by atoms with Crippen LogP contribution in [0.3, 0.4) is 0 Å². The number of nitrogens with zero attached hydrogens (tertiary/aromatic N) is 1. The van der Waals surface area contributed by atoms with E-state index >= 15 is 0 Å². The van der Waals surface area contributed by atoms with Gasteiger partial charge in [0.05, 0.1) is 5.52 Å². The lowest BCUT2D eigenvalue weighted by Gasteiger charge is -2.18. The first-order chi connectivity index (χ1) is 8.46. The van der Waals surface area contributed by atoms with Crippen molar-refractivity contribution in [1.29, 1.82) is 0 Å². The minimum Gasteiger partial charge on any atom is -0.255 e. The van der Waals surface area contributed by atoms with Crippen LogP contribution in [0.25, 0.3) is 10.9 Å². The molecule has 0 spiro atoms. The van der Waals surface area contributed by atoms with Gasteiger partial charge in [-0.2, -0.15) is 0 Å². The maximum absolute atomic E-state index is 4.54. The highest BCUT2D eigenvalue weighted by molar-refractivity contribution is 8.00. The average molecular weight is 261 g/mol. The van der Waals surface area contributed by atoms with Gasteiger partial charge in [-0.1, -0.05) is 46.8 Å². The van der Waals surface area contributed by atoms with Gasteiger partial charge in [0, 0.05) is 21.2 Å². The summed E-state index contributed by atoms with van der Waals surface area (Å²) in [6, 6.07) is 8.58. The Bertz CT molecular complexity index is 512. The standard InChI is InChI=1S/C14H17NS.C2H6/c1-10-8-11-6-5-7-12(13(11)15-9-10)16-14(2,3)4;1-2/h5-9H,1-4H3;1-2H3. The second kappa shape index (κ2) is 6.24. The van der Waals surface area contributed by atoms with Crippen molar-refractivity contribution in [2.24, 2.45) is 0 Å². The summed E-state index contributed by atoms with van der Waals surface area (Å²) >= 11 is 1.87. The predicted octanol–water partition coefficient (Wildman–Crippen LogP) is 5.46. The number of benzene rings is 1. The van der Waals surface area contributed by atoms with E-state index in [1.165, 1.54) is 15.8 Å². The van der Waals surface area contributed by atoms with Gasteiger partial charge >= 0.3 is 0 Å². The molecule has 1 aromatic heterocycles. The molecule has 2 rings (SSSR count). The smallest absolute Gasteiger partial charge is 0.0838 e. The topological polar surface area (TPSA) is 12.9 Å². The Morgan fingerprint density at radius 2 is 1.78 bits per heavy atom. The minimum absolute atomic E-state index is 0.223. The van der Waals surface area contributed by atoms with Crippen molar-refractivity contribution in [3.8, 4) is 0 Å². The number of aryl methyl sites for hydroxylation is 1. The van der Waals surface area contributed by atoms with Gasteiger partial charge in [0.1, 0.15) is 0 Å². The van der Waals surface area contributed by atoms with Crippen LogP contribution in [0.15, 0.2) is 35.4 Å². The summed E-state index contributed by atoms with van der Waals surface area (Å²) in [5.41, 5.74) is 2.33. The lowest BCUT2D eigenvalue weighted by molar-refractivity contribution is 0.803. The molecule has 0 radical (unpaired) electrons. The number of para-hydroxylation sites is 1. The lowest BCUT2D eigenvalue weighted by atomic mass is 10.2. The summed E-state index contributed by atoms with van der Waals surface area (Å²) in [5, 5.41) is 1.23. The molecule has 98 valence electrons. The Hall–Kier alpha value is -1.02. The third-order valence-electron chi connectivity index (χ3n) is 2.23.